The third-order valence-corrected chi connectivity index (χ3v) is 3.54. The lowest BCUT2D eigenvalue weighted by atomic mass is 10.2. The minimum atomic E-state index is 0.377. The molecule has 1 aliphatic heterocycles. The topological polar surface area (TPSA) is 27.7 Å². The molecule has 1 rings (SSSR count). The molecule has 1 atom stereocenters. The number of nitrogens with one attached hydrogen (secondary N) is 1. The Morgan fingerprint density at radius 3 is 2.89 bits per heavy atom. The SMILES string of the molecule is CCNC[C@@H]1CN(CCCN(C)CC(C)C)CCO1. The molecule has 0 spiro atoms. The predicted octanol–water partition coefficient (Wildman–Crippen LogP) is 1.27. The van der Waals surface area contributed by atoms with Gasteiger partial charge in [-0.1, -0.05) is 20.8 Å². The van der Waals surface area contributed by atoms with Gasteiger partial charge in [0.05, 0.1) is 12.7 Å². The maximum absolute atomic E-state index is 5.78. The van der Waals surface area contributed by atoms with Gasteiger partial charge in [0.2, 0.25) is 0 Å². The van der Waals surface area contributed by atoms with E-state index in [1.54, 1.807) is 0 Å². The molecule has 19 heavy (non-hydrogen) atoms. The van der Waals surface area contributed by atoms with Gasteiger partial charge in [0, 0.05) is 26.2 Å². The lowest BCUT2D eigenvalue weighted by Crippen LogP contribution is -2.47. The van der Waals surface area contributed by atoms with Crippen LogP contribution in [0.3, 0.4) is 0 Å². The Bertz CT molecular complexity index is 223. The Morgan fingerprint density at radius 1 is 1.42 bits per heavy atom. The normalized spacial score (nSPS) is 21.5. The molecule has 0 unspecified atom stereocenters. The summed E-state index contributed by atoms with van der Waals surface area (Å²) in [5.74, 6) is 0.762. The quantitative estimate of drug-likeness (QED) is 0.683. The highest BCUT2D eigenvalue weighted by atomic mass is 16.5. The number of hydrogen-bond acceptors (Lipinski definition) is 4. The zero-order valence-corrected chi connectivity index (χ0v) is 13.3. The maximum Gasteiger partial charge on any atom is 0.0826 e. The monoisotopic (exact) mass is 271 g/mol. The van der Waals surface area contributed by atoms with Crippen LogP contribution in [-0.2, 0) is 4.74 Å². The van der Waals surface area contributed by atoms with Gasteiger partial charge in [0.1, 0.15) is 0 Å². The summed E-state index contributed by atoms with van der Waals surface area (Å²) >= 11 is 0. The molecular formula is C15H33N3O. The van der Waals surface area contributed by atoms with Crippen LogP contribution >= 0.6 is 0 Å². The molecule has 0 aliphatic carbocycles. The average Bonchev–Trinajstić information content (AvgIpc) is 2.36. The van der Waals surface area contributed by atoms with E-state index in [2.05, 4.69) is 42.9 Å². The zero-order chi connectivity index (χ0) is 14.1. The Balaban J connectivity index is 2.11. The van der Waals surface area contributed by atoms with Crippen molar-refractivity contribution < 1.29 is 4.74 Å². The van der Waals surface area contributed by atoms with Gasteiger partial charge in [-0.3, -0.25) is 4.90 Å². The number of likely N-dealkylation sites (N-methyl/N-ethyl adjacent to an activating group) is 1. The molecule has 1 saturated heterocycles. The summed E-state index contributed by atoms with van der Waals surface area (Å²) in [6.45, 7) is 15.4. The Labute approximate surface area is 119 Å². The molecular weight excluding hydrogens is 238 g/mol. The van der Waals surface area contributed by atoms with E-state index in [-0.39, 0.29) is 0 Å². The first-order valence-electron chi connectivity index (χ1n) is 7.85. The Kier molecular flexibility index (Phi) is 8.62. The fourth-order valence-corrected chi connectivity index (χ4v) is 2.69. The highest BCUT2D eigenvalue weighted by molar-refractivity contribution is 4.73. The van der Waals surface area contributed by atoms with Crippen molar-refractivity contribution in [2.45, 2.75) is 33.3 Å². The zero-order valence-electron chi connectivity index (χ0n) is 13.3. The largest absolute Gasteiger partial charge is 0.374 e. The van der Waals surface area contributed by atoms with Crippen LogP contribution < -0.4 is 5.32 Å². The van der Waals surface area contributed by atoms with Gasteiger partial charge in [-0.05, 0) is 39.0 Å². The van der Waals surface area contributed by atoms with Crippen molar-refractivity contribution in [3.63, 3.8) is 0 Å². The van der Waals surface area contributed by atoms with E-state index >= 15 is 0 Å². The van der Waals surface area contributed by atoms with E-state index in [0.717, 1.165) is 38.7 Å². The molecule has 4 nitrogen and oxygen atoms in total. The highest BCUT2D eigenvalue weighted by Gasteiger charge is 2.19. The first-order valence-corrected chi connectivity index (χ1v) is 7.85. The summed E-state index contributed by atoms with van der Waals surface area (Å²) in [6.07, 6.45) is 1.64. The molecule has 0 bridgehead atoms. The fourth-order valence-electron chi connectivity index (χ4n) is 2.69. The van der Waals surface area contributed by atoms with Crippen molar-refractivity contribution in [3.8, 4) is 0 Å². The van der Waals surface area contributed by atoms with Gasteiger partial charge in [-0.2, -0.15) is 0 Å². The minimum Gasteiger partial charge on any atom is -0.374 e. The molecule has 0 aromatic rings. The van der Waals surface area contributed by atoms with Crippen LogP contribution in [0.5, 0.6) is 0 Å². The van der Waals surface area contributed by atoms with Crippen LogP contribution in [0.1, 0.15) is 27.2 Å². The third-order valence-electron chi connectivity index (χ3n) is 3.54. The number of nitrogens with zero attached hydrogens (tertiary/aromatic N) is 2. The molecule has 0 radical (unpaired) electrons. The van der Waals surface area contributed by atoms with E-state index in [1.165, 1.54) is 26.1 Å². The highest BCUT2D eigenvalue weighted by Crippen LogP contribution is 2.06. The van der Waals surface area contributed by atoms with E-state index in [4.69, 9.17) is 4.74 Å². The summed E-state index contributed by atoms with van der Waals surface area (Å²) in [5, 5.41) is 3.37. The number of hydrogen-bond donors (Lipinski definition) is 1. The second-order valence-electron chi connectivity index (χ2n) is 6.11. The van der Waals surface area contributed by atoms with E-state index in [9.17, 15) is 0 Å². The number of ether oxygens (including phenoxy) is 1. The van der Waals surface area contributed by atoms with Crippen LogP contribution in [0.25, 0.3) is 0 Å². The third kappa shape index (κ3) is 7.88. The van der Waals surface area contributed by atoms with Gasteiger partial charge >= 0.3 is 0 Å². The first kappa shape index (κ1) is 16.9. The molecule has 0 saturated carbocycles. The summed E-state index contributed by atoms with van der Waals surface area (Å²) < 4.78 is 5.78. The van der Waals surface area contributed by atoms with Crippen molar-refractivity contribution in [1.82, 2.24) is 15.1 Å². The Hall–Kier alpha value is -0.160. The van der Waals surface area contributed by atoms with Gasteiger partial charge in [-0.25, -0.2) is 0 Å². The van der Waals surface area contributed by atoms with Gasteiger partial charge in [0.25, 0.3) is 0 Å². The maximum atomic E-state index is 5.78. The predicted molar refractivity (Wildman–Crippen MR) is 81.7 cm³/mol. The number of rotatable bonds is 9. The summed E-state index contributed by atoms with van der Waals surface area (Å²) in [4.78, 5) is 5.00. The van der Waals surface area contributed by atoms with Crippen molar-refractivity contribution in [2.24, 2.45) is 5.92 Å². The summed E-state index contributed by atoms with van der Waals surface area (Å²) in [6, 6.07) is 0. The van der Waals surface area contributed by atoms with Crippen LogP contribution in [0, 0.1) is 5.92 Å². The Morgan fingerprint density at radius 2 is 2.21 bits per heavy atom. The van der Waals surface area contributed by atoms with E-state index in [0.29, 0.717) is 6.10 Å². The number of morpholine rings is 1. The lowest BCUT2D eigenvalue weighted by molar-refractivity contribution is -0.0275. The van der Waals surface area contributed by atoms with E-state index < -0.39 is 0 Å². The van der Waals surface area contributed by atoms with Crippen molar-refractivity contribution in [1.29, 1.82) is 0 Å². The molecule has 1 N–H and O–H groups in total. The average molecular weight is 271 g/mol. The second kappa shape index (κ2) is 9.70. The first-order chi connectivity index (χ1) is 9.11. The van der Waals surface area contributed by atoms with E-state index in [1.807, 2.05) is 0 Å². The van der Waals surface area contributed by atoms with Crippen molar-refractivity contribution in [3.05, 3.63) is 0 Å². The van der Waals surface area contributed by atoms with Crippen LogP contribution in [0.15, 0.2) is 0 Å². The van der Waals surface area contributed by atoms with Crippen LogP contribution in [-0.4, -0.2) is 75.4 Å². The lowest BCUT2D eigenvalue weighted by Gasteiger charge is -2.33. The summed E-state index contributed by atoms with van der Waals surface area (Å²) in [7, 11) is 2.23. The molecule has 0 amide bonds. The van der Waals surface area contributed by atoms with Gasteiger partial charge in [-0.15, -0.1) is 0 Å². The molecule has 4 heteroatoms. The van der Waals surface area contributed by atoms with Crippen LogP contribution in [0.4, 0.5) is 0 Å². The molecule has 0 aromatic heterocycles. The molecule has 114 valence electrons. The molecule has 1 fully saturated rings. The van der Waals surface area contributed by atoms with Crippen LogP contribution in [0.2, 0.25) is 0 Å². The van der Waals surface area contributed by atoms with Gasteiger partial charge in [0.15, 0.2) is 0 Å². The smallest absolute Gasteiger partial charge is 0.0826 e. The van der Waals surface area contributed by atoms with Gasteiger partial charge < -0.3 is 15.0 Å². The molecule has 1 aliphatic rings. The molecule has 1 heterocycles. The molecule has 0 aromatic carbocycles. The fraction of sp³-hybridized carbons (Fsp3) is 1.00. The van der Waals surface area contributed by atoms with Crippen molar-refractivity contribution >= 4 is 0 Å². The summed E-state index contributed by atoms with van der Waals surface area (Å²) in [5.41, 5.74) is 0. The second-order valence-corrected chi connectivity index (χ2v) is 6.11. The minimum absolute atomic E-state index is 0.377. The standard InChI is InChI=1S/C15H33N3O/c1-5-16-11-15-13-18(9-10-19-15)8-6-7-17(4)12-14(2)3/h14-16H,5-13H2,1-4H3/t15-/m1/s1. The van der Waals surface area contributed by atoms with Crippen molar-refractivity contribution in [2.75, 3.05) is 59.5 Å².